The van der Waals surface area contributed by atoms with Gasteiger partial charge in [-0.15, -0.1) is 0 Å². The van der Waals surface area contributed by atoms with Crippen molar-refractivity contribution in [2.45, 2.75) is 110 Å². The van der Waals surface area contributed by atoms with E-state index in [-0.39, 0.29) is 32.0 Å². The quantitative estimate of drug-likeness (QED) is 0.174. The molecule has 2 aromatic rings. The maximum atomic E-state index is 13.8. The van der Waals surface area contributed by atoms with Crippen LogP contribution in [0.1, 0.15) is 87.6 Å². The summed E-state index contributed by atoms with van der Waals surface area (Å²) in [5, 5.41) is 0. The van der Waals surface area contributed by atoms with Crippen LogP contribution < -0.4 is 4.74 Å². The highest BCUT2D eigenvalue weighted by atomic mass is 19.4. The number of aryl methyl sites for hydroxylation is 3. The summed E-state index contributed by atoms with van der Waals surface area (Å²) >= 11 is 0. The third kappa shape index (κ3) is 7.18. The Hall–Kier alpha value is -3.24. The molecule has 1 unspecified atom stereocenters. The molecule has 1 saturated heterocycles. The third-order valence-electron chi connectivity index (χ3n) is 9.03. The molecule has 1 heterocycles. The van der Waals surface area contributed by atoms with Gasteiger partial charge in [0.15, 0.2) is 5.41 Å². The highest BCUT2D eigenvalue weighted by Crippen LogP contribution is 2.54. The van der Waals surface area contributed by atoms with Gasteiger partial charge in [-0.05, 0) is 86.8 Å². The third-order valence-corrected chi connectivity index (χ3v) is 9.03. The maximum Gasteiger partial charge on any atom is 0.406 e. The van der Waals surface area contributed by atoms with Gasteiger partial charge in [0.2, 0.25) is 0 Å². The van der Waals surface area contributed by atoms with Crippen molar-refractivity contribution in [2.24, 2.45) is 5.41 Å². The minimum Gasteiger partial charge on any atom is -0.489 e. The molecule has 0 radical (unpaired) electrons. The van der Waals surface area contributed by atoms with Crippen molar-refractivity contribution in [3.05, 3.63) is 64.2 Å². The zero-order valence-electron chi connectivity index (χ0n) is 25.9. The smallest absolute Gasteiger partial charge is 0.406 e. The van der Waals surface area contributed by atoms with E-state index < -0.39 is 41.7 Å². The Labute approximate surface area is 254 Å². The zero-order chi connectivity index (χ0) is 33.1. The van der Waals surface area contributed by atoms with Gasteiger partial charge in [0.1, 0.15) is 24.6 Å². The van der Waals surface area contributed by atoms with Crippen LogP contribution in [-0.4, -0.2) is 43.1 Å². The van der Waals surface area contributed by atoms with Gasteiger partial charge >= 0.3 is 24.3 Å². The summed E-state index contributed by atoms with van der Waals surface area (Å²) in [5.41, 5.74) is -0.479. The minimum atomic E-state index is -5.69. The summed E-state index contributed by atoms with van der Waals surface area (Å²) in [5.74, 6) is -0.768. The predicted octanol–water partition coefficient (Wildman–Crippen LogP) is 8.49. The van der Waals surface area contributed by atoms with E-state index in [0.29, 0.717) is 29.7 Å². The molecule has 0 spiro atoms. The van der Waals surface area contributed by atoms with Gasteiger partial charge in [-0.2, -0.15) is 26.3 Å². The Morgan fingerprint density at radius 2 is 1.52 bits per heavy atom. The summed E-state index contributed by atoms with van der Waals surface area (Å²) in [6.45, 7) is 8.90. The fourth-order valence-corrected chi connectivity index (χ4v) is 5.98. The molecule has 0 amide bonds. The number of cyclic esters (lactones) is 1. The zero-order valence-corrected chi connectivity index (χ0v) is 25.9. The SMILES string of the molecule is CCC(CC)(c1ccc(CCC(OC(C)=O)C(C)(C(F)(F)F)C(F)(F)F)c(C)c1)c1ccc(OC[C@H]2CCC(=O)O2)c(C)c1. The fraction of sp³-hybridized carbons (Fsp3) is 0.576. The largest absolute Gasteiger partial charge is 0.489 e. The number of alkyl halides is 6. The molecular weight excluding hydrogens is 590 g/mol. The number of esters is 2. The lowest BCUT2D eigenvalue weighted by Crippen LogP contribution is -2.56. The van der Waals surface area contributed by atoms with Crippen molar-refractivity contribution in [3.8, 4) is 5.75 Å². The van der Waals surface area contributed by atoms with Crippen molar-refractivity contribution in [2.75, 3.05) is 6.61 Å². The van der Waals surface area contributed by atoms with E-state index in [2.05, 4.69) is 18.6 Å². The van der Waals surface area contributed by atoms with E-state index in [1.165, 1.54) is 0 Å². The Balaban J connectivity index is 1.87. The second-order valence-electron chi connectivity index (χ2n) is 11.7. The lowest BCUT2D eigenvalue weighted by atomic mass is 9.69. The highest BCUT2D eigenvalue weighted by Gasteiger charge is 2.72. The Bertz CT molecular complexity index is 1310. The highest BCUT2D eigenvalue weighted by molar-refractivity contribution is 5.71. The number of halogens is 6. The van der Waals surface area contributed by atoms with Crippen molar-refractivity contribution in [1.82, 2.24) is 0 Å². The number of carbonyl (C=O) groups excluding carboxylic acids is 2. The van der Waals surface area contributed by atoms with Gasteiger partial charge < -0.3 is 14.2 Å². The van der Waals surface area contributed by atoms with E-state index in [1.807, 2.05) is 37.3 Å². The average Bonchev–Trinajstić information content (AvgIpc) is 3.35. The molecule has 0 aliphatic carbocycles. The second-order valence-corrected chi connectivity index (χ2v) is 11.7. The van der Waals surface area contributed by atoms with Crippen molar-refractivity contribution in [1.29, 1.82) is 0 Å². The lowest BCUT2D eigenvalue weighted by Gasteiger charge is -2.39. The molecule has 1 aliphatic heterocycles. The summed E-state index contributed by atoms with van der Waals surface area (Å²) in [4.78, 5) is 22.9. The molecule has 1 aliphatic rings. The number of ether oxygens (including phenoxy) is 3. The first kappa shape index (κ1) is 35.2. The molecule has 0 aromatic heterocycles. The van der Waals surface area contributed by atoms with Crippen molar-refractivity contribution >= 4 is 11.9 Å². The maximum absolute atomic E-state index is 13.8. The predicted molar refractivity (Wildman–Crippen MR) is 152 cm³/mol. The Kier molecular flexibility index (Phi) is 10.7. The van der Waals surface area contributed by atoms with Crippen LogP contribution in [0.15, 0.2) is 36.4 Å². The first-order valence-electron chi connectivity index (χ1n) is 14.7. The van der Waals surface area contributed by atoms with Gasteiger partial charge in [-0.3, -0.25) is 9.59 Å². The van der Waals surface area contributed by atoms with Gasteiger partial charge in [0.05, 0.1) is 0 Å². The molecule has 2 atom stereocenters. The molecule has 3 rings (SSSR count). The van der Waals surface area contributed by atoms with Crippen molar-refractivity contribution in [3.63, 3.8) is 0 Å². The van der Waals surface area contributed by atoms with Crippen LogP contribution in [0.2, 0.25) is 0 Å². The summed E-state index contributed by atoms with van der Waals surface area (Å²) in [6, 6.07) is 11.4. The topological polar surface area (TPSA) is 61.8 Å². The van der Waals surface area contributed by atoms with Crippen molar-refractivity contribution < 1.29 is 50.1 Å². The standard InChI is InChI=1S/C33H40F6O5/c1-7-31(8-2,25-12-14-27(21(4)18-25)42-19-26-13-16-29(41)44-26)24-11-9-23(20(3)17-24)10-15-28(43-22(5)40)30(6,32(34,35)36)33(37,38)39/h9,11-12,14,17-18,26,28H,7-8,10,13,15-16,19H2,1-6H3/t26-,28?/m1/s1. The van der Waals surface area contributed by atoms with E-state index in [0.717, 1.165) is 36.5 Å². The molecule has 0 bridgehead atoms. The van der Waals surface area contributed by atoms with Gasteiger partial charge in [0, 0.05) is 18.8 Å². The number of benzene rings is 2. The van der Waals surface area contributed by atoms with E-state index in [1.54, 1.807) is 13.0 Å². The first-order valence-corrected chi connectivity index (χ1v) is 14.7. The number of carbonyl (C=O) groups is 2. The van der Waals surface area contributed by atoms with Gasteiger partial charge in [-0.1, -0.05) is 44.2 Å². The minimum absolute atomic E-state index is 0.0369. The molecular formula is C33H40F6O5. The molecule has 0 saturated carbocycles. The number of hydrogen-bond acceptors (Lipinski definition) is 5. The number of rotatable bonds is 12. The number of hydrogen-bond donors (Lipinski definition) is 0. The second kappa shape index (κ2) is 13.4. The Morgan fingerprint density at radius 3 is 1.98 bits per heavy atom. The van der Waals surface area contributed by atoms with Crippen LogP contribution in [0.25, 0.3) is 0 Å². The molecule has 1 fully saturated rings. The average molecular weight is 631 g/mol. The Morgan fingerprint density at radius 1 is 0.955 bits per heavy atom. The molecule has 0 N–H and O–H groups in total. The molecule has 11 heteroatoms. The molecule has 244 valence electrons. The first-order chi connectivity index (χ1) is 20.4. The molecule has 5 nitrogen and oxygen atoms in total. The molecule has 44 heavy (non-hydrogen) atoms. The summed E-state index contributed by atoms with van der Waals surface area (Å²) in [7, 11) is 0. The summed E-state index contributed by atoms with van der Waals surface area (Å²) < 4.78 is 98.5. The monoisotopic (exact) mass is 630 g/mol. The van der Waals surface area contributed by atoms with E-state index in [9.17, 15) is 35.9 Å². The lowest BCUT2D eigenvalue weighted by molar-refractivity contribution is -0.359. The van der Waals surface area contributed by atoms with Gasteiger partial charge in [-0.25, -0.2) is 0 Å². The van der Waals surface area contributed by atoms with Crippen LogP contribution in [0, 0.1) is 19.3 Å². The van der Waals surface area contributed by atoms with Crippen LogP contribution in [0.5, 0.6) is 5.75 Å². The normalized spacial score (nSPS) is 16.9. The van der Waals surface area contributed by atoms with Crippen LogP contribution in [-0.2, 0) is 30.9 Å². The molecule has 2 aromatic carbocycles. The van der Waals surface area contributed by atoms with E-state index in [4.69, 9.17) is 9.47 Å². The van der Waals surface area contributed by atoms with Crippen LogP contribution in [0.4, 0.5) is 26.3 Å². The van der Waals surface area contributed by atoms with Gasteiger partial charge in [0.25, 0.3) is 0 Å². The van der Waals surface area contributed by atoms with Crippen LogP contribution in [0.3, 0.4) is 0 Å². The van der Waals surface area contributed by atoms with E-state index >= 15 is 0 Å². The van der Waals surface area contributed by atoms with Crippen LogP contribution >= 0.6 is 0 Å². The fourth-order valence-electron chi connectivity index (χ4n) is 5.98. The summed E-state index contributed by atoms with van der Waals surface area (Å²) in [6.07, 6.45) is -12.5.